The van der Waals surface area contributed by atoms with Crippen LogP contribution in [-0.4, -0.2) is 42.1 Å². The van der Waals surface area contributed by atoms with Gasteiger partial charge in [0.15, 0.2) is 5.13 Å². The number of thiazole rings is 1. The zero-order valence-electron chi connectivity index (χ0n) is 9.18. The molecule has 0 aromatic carbocycles. The summed E-state index contributed by atoms with van der Waals surface area (Å²) < 4.78 is 5.28. The molecule has 1 aliphatic rings. The molecule has 1 aromatic rings. The number of piperidine rings is 1. The van der Waals surface area contributed by atoms with E-state index in [1.807, 2.05) is 0 Å². The number of anilines is 1. The molecule has 5 nitrogen and oxygen atoms in total. The second-order valence-electron chi connectivity index (χ2n) is 3.82. The number of methoxy groups -OCH3 is 1. The van der Waals surface area contributed by atoms with Gasteiger partial charge in [0.1, 0.15) is 5.69 Å². The highest BCUT2D eigenvalue weighted by atomic mass is 32.1. The van der Waals surface area contributed by atoms with Gasteiger partial charge in [-0.15, -0.1) is 11.3 Å². The molecule has 0 saturated carbocycles. The van der Waals surface area contributed by atoms with Crippen molar-refractivity contribution in [1.29, 1.82) is 0 Å². The first-order valence-electron chi connectivity index (χ1n) is 5.24. The predicted octanol–water partition coefficient (Wildman–Crippen LogP) is 0.976. The summed E-state index contributed by atoms with van der Waals surface area (Å²) in [4.78, 5) is 17.8. The van der Waals surface area contributed by atoms with Crippen molar-refractivity contribution in [3.8, 4) is 0 Å². The standard InChI is InChI=1S/C10H15N3O2S/c1-15-7-3-2-4-13(5-7)9(14)8-6-16-10(11)12-8/h6-7H,2-5H2,1H3,(H2,11,12). The van der Waals surface area contributed by atoms with Crippen molar-refractivity contribution in [1.82, 2.24) is 9.88 Å². The van der Waals surface area contributed by atoms with Crippen LogP contribution in [0, 0.1) is 0 Å². The van der Waals surface area contributed by atoms with Crippen LogP contribution in [0.15, 0.2) is 5.38 Å². The highest BCUT2D eigenvalue weighted by Crippen LogP contribution is 2.17. The normalized spacial score (nSPS) is 21.1. The lowest BCUT2D eigenvalue weighted by molar-refractivity contribution is 0.0266. The maximum atomic E-state index is 12.0. The maximum absolute atomic E-state index is 12.0. The number of hydrogen-bond acceptors (Lipinski definition) is 5. The highest BCUT2D eigenvalue weighted by Gasteiger charge is 2.25. The Hall–Kier alpha value is -1.14. The second-order valence-corrected chi connectivity index (χ2v) is 4.71. The van der Waals surface area contributed by atoms with E-state index in [-0.39, 0.29) is 12.0 Å². The van der Waals surface area contributed by atoms with Crippen LogP contribution in [0.4, 0.5) is 5.13 Å². The molecule has 1 atom stereocenters. The number of aromatic nitrogens is 1. The molecule has 1 aromatic heterocycles. The molecule has 0 aliphatic carbocycles. The number of nitrogens with two attached hydrogens (primary N) is 1. The molecule has 2 N–H and O–H groups in total. The lowest BCUT2D eigenvalue weighted by Gasteiger charge is -2.31. The van der Waals surface area contributed by atoms with Gasteiger partial charge in [-0.2, -0.15) is 0 Å². The molecule has 1 fully saturated rings. The fourth-order valence-electron chi connectivity index (χ4n) is 1.86. The van der Waals surface area contributed by atoms with E-state index in [1.54, 1.807) is 17.4 Å². The average molecular weight is 241 g/mol. The Morgan fingerprint density at radius 2 is 2.56 bits per heavy atom. The fraction of sp³-hybridized carbons (Fsp3) is 0.600. The Bertz CT molecular complexity index is 380. The molecule has 0 radical (unpaired) electrons. The molecule has 2 heterocycles. The number of nitrogen functional groups attached to an aromatic ring is 1. The third-order valence-corrected chi connectivity index (χ3v) is 3.41. The van der Waals surface area contributed by atoms with E-state index in [1.165, 1.54) is 11.3 Å². The lowest BCUT2D eigenvalue weighted by atomic mass is 10.1. The van der Waals surface area contributed by atoms with Crippen molar-refractivity contribution >= 4 is 22.4 Å². The van der Waals surface area contributed by atoms with E-state index >= 15 is 0 Å². The minimum atomic E-state index is -0.0466. The minimum Gasteiger partial charge on any atom is -0.380 e. The van der Waals surface area contributed by atoms with Gasteiger partial charge in [0.05, 0.1) is 6.10 Å². The SMILES string of the molecule is COC1CCCN(C(=O)c2csc(N)n2)C1. The summed E-state index contributed by atoms with van der Waals surface area (Å²) >= 11 is 1.29. The van der Waals surface area contributed by atoms with E-state index in [0.717, 1.165) is 19.4 Å². The molecule has 1 unspecified atom stereocenters. The summed E-state index contributed by atoms with van der Waals surface area (Å²) in [6.45, 7) is 1.42. The third kappa shape index (κ3) is 2.33. The van der Waals surface area contributed by atoms with Gasteiger partial charge in [-0.1, -0.05) is 0 Å². The van der Waals surface area contributed by atoms with Gasteiger partial charge in [0.25, 0.3) is 5.91 Å². The van der Waals surface area contributed by atoms with E-state index in [2.05, 4.69) is 4.98 Å². The Morgan fingerprint density at radius 1 is 1.75 bits per heavy atom. The molecule has 6 heteroatoms. The van der Waals surface area contributed by atoms with Crippen LogP contribution in [0.25, 0.3) is 0 Å². The van der Waals surface area contributed by atoms with E-state index in [0.29, 0.717) is 17.4 Å². The van der Waals surface area contributed by atoms with Crippen LogP contribution in [0.1, 0.15) is 23.3 Å². The van der Waals surface area contributed by atoms with Crippen LogP contribution in [0.5, 0.6) is 0 Å². The summed E-state index contributed by atoms with van der Waals surface area (Å²) in [6, 6.07) is 0. The van der Waals surface area contributed by atoms with Crippen molar-refractivity contribution in [2.24, 2.45) is 0 Å². The summed E-state index contributed by atoms with van der Waals surface area (Å²) in [7, 11) is 1.68. The number of likely N-dealkylation sites (tertiary alicyclic amines) is 1. The van der Waals surface area contributed by atoms with Crippen molar-refractivity contribution in [3.63, 3.8) is 0 Å². The molecule has 16 heavy (non-hydrogen) atoms. The monoisotopic (exact) mass is 241 g/mol. The van der Waals surface area contributed by atoms with Crippen molar-refractivity contribution in [3.05, 3.63) is 11.1 Å². The van der Waals surface area contributed by atoms with Gasteiger partial charge < -0.3 is 15.4 Å². The molecular formula is C10H15N3O2S. The minimum absolute atomic E-state index is 0.0466. The van der Waals surface area contributed by atoms with Gasteiger partial charge in [-0.25, -0.2) is 4.98 Å². The summed E-state index contributed by atoms with van der Waals surface area (Å²) in [5.41, 5.74) is 5.96. The lowest BCUT2D eigenvalue weighted by Crippen LogP contribution is -2.43. The molecule has 88 valence electrons. The summed E-state index contributed by atoms with van der Waals surface area (Å²) in [6.07, 6.45) is 2.14. The van der Waals surface area contributed by atoms with E-state index < -0.39 is 0 Å². The van der Waals surface area contributed by atoms with Crippen LogP contribution in [0.3, 0.4) is 0 Å². The first-order chi connectivity index (χ1) is 7.70. The Balaban J connectivity index is 2.04. The molecule has 1 saturated heterocycles. The van der Waals surface area contributed by atoms with Gasteiger partial charge in [0.2, 0.25) is 0 Å². The largest absolute Gasteiger partial charge is 0.380 e. The first-order valence-corrected chi connectivity index (χ1v) is 6.11. The number of nitrogens with zero attached hydrogens (tertiary/aromatic N) is 2. The van der Waals surface area contributed by atoms with E-state index in [4.69, 9.17) is 10.5 Å². The van der Waals surface area contributed by atoms with Crippen LogP contribution in [-0.2, 0) is 4.74 Å². The molecule has 0 bridgehead atoms. The number of amides is 1. The first kappa shape index (κ1) is 11.3. The number of carbonyl (C=O) groups excluding carboxylic acids is 1. The quantitative estimate of drug-likeness (QED) is 0.838. The number of hydrogen-bond donors (Lipinski definition) is 1. The number of carbonyl (C=O) groups is 1. The summed E-state index contributed by atoms with van der Waals surface area (Å²) in [5.74, 6) is -0.0466. The Kier molecular flexibility index (Phi) is 3.40. The van der Waals surface area contributed by atoms with E-state index in [9.17, 15) is 4.79 Å². The zero-order chi connectivity index (χ0) is 11.5. The van der Waals surface area contributed by atoms with Crippen LogP contribution in [0.2, 0.25) is 0 Å². The van der Waals surface area contributed by atoms with Gasteiger partial charge >= 0.3 is 0 Å². The maximum Gasteiger partial charge on any atom is 0.273 e. The Labute approximate surface area is 98.2 Å². The smallest absolute Gasteiger partial charge is 0.273 e. The zero-order valence-corrected chi connectivity index (χ0v) is 10.00. The van der Waals surface area contributed by atoms with Crippen LogP contribution >= 0.6 is 11.3 Å². The number of ether oxygens (including phenoxy) is 1. The third-order valence-electron chi connectivity index (χ3n) is 2.74. The second kappa shape index (κ2) is 4.80. The Morgan fingerprint density at radius 3 is 3.19 bits per heavy atom. The molecule has 0 spiro atoms. The molecule has 1 amide bonds. The molecular weight excluding hydrogens is 226 g/mol. The van der Waals surface area contributed by atoms with Crippen molar-refractivity contribution < 1.29 is 9.53 Å². The van der Waals surface area contributed by atoms with Crippen molar-refractivity contribution in [2.45, 2.75) is 18.9 Å². The molecule has 1 aliphatic heterocycles. The van der Waals surface area contributed by atoms with Gasteiger partial charge in [0, 0.05) is 25.6 Å². The van der Waals surface area contributed by atoms with Crippen molar-refractivity contribution in [2.75, 3.05) is 25.9 Å². The highest BCUT2D eigenvalue weighted by molar-refractivity contribution is 7.13. The van der Waals surface area contributed by atoms with Gasteiger partial charge in [-0.3, -0.25) is 4.79 Å². The number of rotatable bonds is 2. The van der Waals surface area contributed by atoms with Gasteiger partial charge in [-0.05, 0) is 12.8 Å². The predicted molar refractivity (Wildman–Crippen MR) is 62.5 cm³/mol. The topological polar surface area (TPSA) is 68.5 Å². The molecule has 2 rings (SSSR count). The fourth-order valence-corrected chi connectivity index (χ4v) is 2.40. The summed E-state index contributed by atoms with van der Waals surface area (Å²) in [5, 5.41) is 2.14. The van der Waals surface area contributed by atoms with Crippen LogP contribution < -0.4 is 5.73 Å². The average Bonchev–Trinajstić information content (AvgIpc) is 2.75.